The number of nitrogens with zero attached hydrogens (tertiary/aromatic N) is 1. The summed E-state index contributed by atoms with van der Waals surface area (Å²) in [5.74, 6) is 0.727. The molecule has 1 aromatic carbocycles. The van der Waals surface area contributed by atoms with Gasteiger partial charge in [-0.05, 0) is 30.7 Å². The molecule has 22 heavy (non-hydrogen) atoms. The summed E-state index contributed by atoms with van der Waals surface area (Å²) in [5, 5.41) is 6.21. The van der Waals surface area contributed by atoms with Gasteiger partial charge < -0.3 is 15.4 Å². The third-order valence-electron chi connectivity index (χ3n) is 3.32. The number of carbonyl (C=O) groups excluding carboxylic acids is 1. The Hall–Kier alpha value is -2.40. The van der Waals surface area contributed by atoms with E-state index in [1.807, 2.05) is 36.4 Å². The number of rotatable bonds is 6. The van der Waals surface area contributed by atoms with Crippen LogP contribution in [-0.4, -0.2) is 18.0 Å². The van der Waals surface area contributed by atoms with Gasteiger partial charge in [0.1, 0.15) is 5.75 Å². The second-order valence-corrected chi connectivity index (χ2v) is 5.10. The van der Waals surface area contributed by atoms with Gasteiger partial charge in [0, 0.05) is 37.5 Å². The zero-order chi connectivity index (χ0) is 15.9. The van der Waals surface area contributed by atoms with Crippen molar-refractivity contribution in [3.05, 3.63) is 53.9 Å². The molecule has 5 heteroatoms. The molecule has 0 saturated heterocycles. The monoisotopic (exact) mass is 299 g/mol. The summed E-state index contributed by atoms with van der Waals surface area (Å²) < 4.78 is 5.19. The number of hydrogen-bond acceptors (Lipinski definition) is 4. The molecule has 1 atom stereocenters. The van der Waals surface area contributed by atoms with Crippen molar-refractivity contribution in [2.75, 3.05) is 12.4 Å². The van der Waals surface area contributed by atoms with E-state index in [0.717, 1.165) is 22.7 Å². The van der Waals surface area contributed by atoms with E-state index in [9.17, 15) is 4.79 Å². The molecule has 0 bridgehead atoms. The van der Waals surface area contributed by atoms with E-state index < -0.39 is 0 Å². The second-order valence-electron chi connectivity index (χ2n) is 5.10. The van der Waals surface area contributed by atoms with Crippen molar-refractivity contribution in [3.63, 3.8) is 0 Å². The fourth-order valence-corrected chi connectivity index (χ4v) is 2.14. The lowest BCUT2D eigenvalue weighted by Crippen LogP contribution is -2.19. The Balaban J connectivity index is 1.99. The highest BCUT2D eigenvalue weighted by Gasteiger charge is 2.07. The van der Waals surface area contributed by atoms with Crippen LogP contribution in [0.1, 0.15) is 31.1 Å². The summed E-state index contributed by atoms with van der Waals surface area (Å²) in [7, 11) is 1.64. The smallest absolute Gasteiger partial charge is 0.221 e. The van der Waals surface area contributed by atoms with E-state index in [4.69, 9.17) is 4.74 Å². The number of methoxy groups -OCH3 is 1. The van der Waals surface area contributed by atoms with Crippen molar-refractivity contribution < 1.29 is 9.53 Å². The zero-order valence-electron chi connectivity index (χ0n) is 13.1. The van der Waals surface area contributed by atoms with Crippen LogP contribution in [0, 0.1) is 0 Å². The molecule has 116 valence electrons. The van der Waals surface area contributed by atoms with Crippen LogP contribution in [0.2, 0.25) is 0 Å². The van der Waals surface area contributed by atoms with Gasteiger partial charge in [-0.15, -0.1) is 0 Å². The van der Waals surface area contributed by atoms with Gasteiger partial charge in [-0.3, -0.25) is 9.78 Å². The Morgan fingerprint density at radius 1 is 1.32 bits per heavy atom. The van der Waals surface area contributed by atoms with Crippen molar-refractivity contribution in [3.8, 4) is 5.75 Å². The van der Waals surface area contributed by atoms with Crippen LogP contribution in [-0.2, 0) is 11.3 Å². The summed E-state index contributed by atoms with van der Waals surface area (Å²) in [6.45, 7) is 4.22. The fourth-order valence-electron chi connectivity index (χ4n) is 2.14. The van der Waals surface area contributed by atoms with Crippen LogP contribution < -0.4 is 15.4 Å². The van der Waals surface area contributed by atoms with Crippen LogP contribution in [0.3, 0.4) is 0 Å². The molecular formula is C17H21N3O2. The van der Waals surface area contributed by atoms with Gasteiger partial charge in [0.15, 0.2) is 0 Å². The van der Waals surface area contributed by atoms with Gasteiger partial charge in [-0.2, -0.15) is 0 Å². The van der Waals surface area contributed by atoms with E-state index in [0.29, 0.717) is 6.54 Å². The highest BCUT2D eigenvalue weighted by atomic mass is 16.5. The molecule has 1 aromatic heterocycles. The highest BCUT2D eigenvalue weighted by molar-refractivity contribution is 5.88. The van der Waals surface area contributed by atoms with E-state index >= 15 is 0 Å². The first-order valence-corrected chi connectivity index (χ1v) is 7.18. The lowest BCUT2D eigenvalue weighted by molar-refractivity contribution is -0.114. The van der Waals surface area contributed by atoms with Gasteiger partial charge in [0.25, 0.3) is 0 Å². The maximum absolute atomic E-state index is 11.1. The molecule has 0 saturated carbocycles. The first kappa shape index (κ1) is 16.0. The number of carbonyl (C=O) groups is 1. The highest BCUT2D eigenvalue weighted by Crippen LogP contribution is 2.18. The maximum Gasteiger partial charge on any atom is 0.221 e. The Morgan fingerprint density at radius 3 is 2.86 bits per heavy atom. The molecule has 1 amide bonds. The summed E-state index contributed by atoms with van der Waals surface area (Å²) in [6.07, 6.45) is 1.73. The summed E-state index contributed by atoms with van der Waals surface area (Å²) in [5.41, 5.74) is 2.83. The van der Waals surface area contributed by atoms with Crippen molar-refractivity contribution in [2.45, 2.75) is 26.4 Å². The number of ether oxygens (including phenoxy) is 1. The van der Waals surface area contributed by atoms with Crippen LogP contribution in [0.15, 0.2) is 42.6 Å². The van der Waals surface area contributed by atoms with E-state index in [2.05, 4.69) is 22.5 Å². The van der Waals surface area contributed by atoms with Crippen LogP contribution in [0.5, 0.6) is 5.75 Å². The largest absolute Gasteiger partial charge is 0.497 e. The standard InChI is InChI=1S/C17H21N3O2/c1-12(14-5-4-6-15(9-14)20-13(2)21)19-11-16-10-17(22-3)7-8-18-16/h4-10,12,19H,11H2,1-3H3,(H,20,21). The normalized spacial score (nSPS) is 11.8. The molecule has 0 aliphatic heterocycles. The van der Waals surface area contributed by atoms with E-state index in [1.165, 1.54) is 6.92 Å². The van der Waals surface area contributed by atoms with Crippen molar-refractivity contribution in [2.24, 2.45) is 0 Å². The number of aromatic nitrogens is 1. The van der Waals surface area contributed by atoms with Gasteiger partial charge in [0.05, 0.1) is 12.8 Å². The minimum Gasteiger partial charge on any atom is -0.497 e. The van der Waals surface area contributed by atoms with E-state index in [-0.39, 0.29) is 11.9 Å². The molecule has 0 fully saturated rings. The van der Waals surface area contributed by atoms with Crippen molar-refractivity contribution >= 4 is 11.6 Å². The number of hydrogen-bond donors (Lipinski definition) is 2. The Morgan fingerprint density at radius 2 is 2.14 bits per heavy atom. The molecule has 2 N–H and O–H groups in total. The third kappa shape index (κ3) is 4.56. The van der Waals surface area contributed by atoms with Crippen LogP contribution in [0.25, 0.3) is 0 Å². The lowest BCUT2D eigenvalue weighted by atomic mass is 10.1. The number of pyridine rings is 1. The Bertz CT molecular complexity index is 643. The summed E-state index contributed by atoms with van der Waals surface area (Å²) >= 11 is 0. The average Bonchev–Trinajstić information content (AvgIpc) is 2.52. The predicted molar refractivity (Wildman–Crippen MR) is 86.8 cm³/mol. The fraction of sp³-hybridized carbons (Fsp3) is 0.294. The average molecular weight is 299 g/mol. The molecule has 2 rings (SSSR count). The third-order valence-corrected chi connectivity index (χ3v) is 3.32. The SMILES string of the molecule is COc1ccnc(CNC(C)c2cccc(NC(C)=O)c2)c1. The number of amides is 1. The zero-order valence-corrected chi connectivity index (χ0v) is 13.1. The van der Waals surface area contributed by atoms with Gasteiger partial charge in [-0.1, -0.05) is 12.1 Å². The molecule has 0 radical (unpaired) electrons. The molecule has 0 aliphatic carbocycles. The first-order chi connectivity index (χ1) is 10.6. The molecule has 1 heterocycles. The van der Waals surface area contributed by atoms with Crippen molar-refractivity contribution in [1.82, 2.24) is 10.3 Å². The minimum atomic E-state index is -0.0710. The van der Waals surface area contributed by atoms with Crippen LogP contribution >= 0.6 is 0 Å². The molecule has 1 unspecified atom stereocenters. The minimum absolute atomic E-state index is 0.0710. The van der Waals surface area contributed by atoms with Crippen molar-refractivity contribution in [1.29, 1.82) is 0 Å². The second kappa shape index (κ2) is 7.56. The van der Waals surface area contributed by atoms with Gasteiger partial charge in [0.2, 0.25) is 5.91 Å². The molecule has 0 aliphatic rings. The molecular weight excluding hydrogens is 278 g/mol. The lowest BCUT2D eigenvalue weighted by Gasteiger charge is -2.15. The number of benzene rings is 1. The first-order valence-electron chi connectivity index (χ1n) is 7.18. The Labute approximate surface area is 130 Å². The molecule has 2 aromatic rings. The maximum atomic E-state index is 11.1. The predicted octanol–water partition coefficient (Wildman–Crippen LogP) is 2.90. The summed E-state index contributed by atoms with van der Waals surface area (Å²) in [6, 6.07) is 11.7. The van der Waals surface area contributed by atoms with E-state index in [1.54, 1.807) is 13.3 Å². The van der Waals surface area contributed by atoms with Crippen LogP contribution in [0.4, 0.5) is 5.69 Å². The topological polar surface area (TPSA) is 63.2 Å². The quantitative estimate of drug-likeness (QED) is 0.861. The number of anilines is 1. The van der Waals surface area contributed by atoms with Gasteiger partial charge >= 0.3 is 0 Å². The Kier molecular flexibility index (Phi) is 5.49. The molecule has 5 nitrogen and oxygen atoms in total. The summed E-state index contributed by atoms with van der Waals surface area (Å²) in [4.78, 5) is 15.4. The number of nitrogens with one attached hydrogen (secondary N) is 2. The molecule has 0 spiro atoms. The van der Waals surface area contributed by atoms with Gasteiger partial charge in [-0.25, -0.2) is 0 Å².